The minimum Gasteiger partial charge on any atom is -0.455 e. The van der Waals surface area contributed by atoms with Gasteiger partial charge in [0.25, 0.3) is 0 Å². The van der Waals surface area contributed by atoms with Crippen LogP contribution in [0.5, 0.6) is 11.5 Å². The van der Waals surface area contributed by atoms with Crippen molar-refractivity contribution in [1.82, 2.24) is 4.98 Å². The molecule has 0 amide bonds. The molecule has 0 aliphatic rings. The molecule has 4 heteroatoms. The molecule has 0 atom stereocenters. The molecule has 3 nitrogen and oxygen atoms in total. The van der Waals surface area contributed by atoms with E-state index in [0.717, 1.165) is 27.5 Å². The van der Waals surface area contributed by atoms with Gasteiger partial charge in [-0.05, 0) is 58.2 Å². The molecular weight excluding hydrogens is 328 g/mol. The quantitative estimate of drug-likeness (QED) is 0.686. The Labute approximate surface area is 131 Å². The molecule has 0 unspecified atom stereocenters. The predicted molar refractivity (Wildman–Crippen MR) is 89.7 cm³/mol. The summed E-state index contributed by atoms with van der Waals surface area (Å²) >= 11 is 3.42. The smallest absolute Gasteiger partial charge is 0.153 e. The number of nitrogens with two attached hydrogens (primary N) is 1. The molecule has 0 bridgehead atoms. The first-order valence-corrected chi connectivity index (χ1v) is 7.57. The highest BCUT2D eigenvalue weighted by Crippen LogP contribution is 2.33. The average molecular weight is 343 g/mol. The van der Waals surface area contributed by atoms with Gasteiger partial charge in [-0.25, -0.2) is 0 Å². The molecule has 0 saturated heterocycles. The Balaban J connectivity index is 2.06. The Morgan fingerprint density at radius 1 is 1.19 bits per heavy atom. The van der Waals surface area contributed by atoms with E-state index in [1.54, 1.807) is 6.20 Å². The molecule has 3 aromatic rings. The lowest BCUT2D eigenvalue weighted by atomic mass is 10.1. The number of aromatic nitrogens is 1. The number of ether oxygens (including phenoxy) is 1. The van der Waals surface area contributed by atoms with E-state index in [1.807, 2.05) is 36.4 Å². The predicted octanol–water partition coefficient (Wildman–Crippen LogP) is 4.93. The van der Waals surface area contributed by atoms with Gasteiger partial charge in [0.1, 0.15) is 11.3 Å². The third-order valence-corrected chi connectivity index (χ3v) is 3.78. The molecule has 0 fully saturated rings. The molecule has 21 heavy (non-hydrogen) atoms. The fourth-order valence-electron chi connectivity index (χ4n) is 2.23. The zero-order valence-corrected chi connectivity index (χ0v) is 13.2. The maximum Gasteiger partial charge on any atom is 0.153 e. The molecular formula is C17H15BrN2O. The zero-order chi connectivity index (χ0) is 14.8. The van der Waals surface area contributed by atoms with Crippen LogP contribution in [0, 0.1) is 0 Å². The van der Waals surface area contributed by atoms with Gasteiger partial charge in [-0.1, -0.05) is 19.1 Å². The van der Waals surface area contributed by atoms with Crippen LogP contribution < -0.4 is 10.5 Å². The Kier molecular flexibility index (Phi) is 3.80. The largest absolute Gasteiger partial charge is 0.455 e. The van der Waals surface area contributed by atoms with Crippen LogP contribution in [0.1, 0.15) is 12.5 Å². The number of halogens is 1. The molecule has 0 aliphatic carbocycles. The van der Waals surface area contributed by atoms with Crippen molar-refractivity contribution in [2.45, 2.75) is 13.3 Å². The van der Waals surface area contributed by atoms with Crippen molar-refractivity contribution in [2.75, 3.05) is 5.73 Å². The van der Waals surface area contributed by atoms with Crippen molar-refractivity contribution in [3.05, 3.63) is 58.7 Å². The molecule has 106 valence electrons. The lowest BCUT2D eigenvalue weighted by Gasteiger charge is -2.11. The number of nitrogen functional groups attached to an aromatic ring is 1. The van der Waals surface area contributed by atoms with Gasteiger partial charge < -0.3 is 10.5 Å². The molecule has 3 rings (SSSR count). The highest BCUT2D eigenvalue weighted by molar-refractivity contribution is 9.10. The van der Waals surface area contributed by atoms with Gasteiger partial charge in [0.15, 0.2) is 5.75 Å². The lowest BCUT2D eigenvalue weighted by molar-refractivity contribution is 0.486. The third kappa shape index (κ3) is 2.85. The van der Waals surface area contributed by atoms with Crippen molar-refractivity contribution in [2.24, 2.45) is 0 Å². The van der Waals surface area contributed by atoms with E-state index in [0.29, 0.717) is 11.4 Å². The van der Waals surface area contributed by atoms with E-state index in [4.69, 9.17) is 10.5 Å². The Hall–Kier alpha value is -2.07. The van der Waals surface area contributed by atoms with Crippen LogP contribution >= 0.6 is 15.9 Å². The minimum atomic E-state index is 0.688. The molecule has 1 aromatic heterocycles. The van der Waals surface area contributed by atoms with Crippen molar-refractivity contribution in [3.8, 4) is 11.5 Å². The van der Waals surface area contributed by atoms with E-state index in [1.165, 1.54) is 5.56 Å². The minimum absolute atomic E-state index is 0.688. The fraction of sp³-hybridized carbons (Fsp3) is 0.118. The normalized spacial score (nSPS) is 10.8. The third-order valence-electron chi connectivity index (χ3n) is 3.35. The van der Waals surface area contributed by atoms with Crippen LogP contribution in [0.4, 0.5) is 5.69 Å². The molecule has 0 spiro atoms. The maximum atomic E-state index is 6.02. The van der Waals surface area contributed by atoms with Gasteiger partial charge in [-0.15, -0.1) is 0 Å². The second kappa shape index (κ2) is 5.74. The summed E-state index contributed by atoms with van der Waals surface area (Å²) in [5, 5.41) is 0.883. The molecule has 2 aromatic carbocycles. The topological polar surface area (TPSA) is 48.1 Å². The van der Waals surface area contributed by atoms with Gasteiger partial charge in [-0.2, -0.15) is 0 Å². The SMILES string of the molecule is CCc1cccc(Oc2ccc(N)c3cc(Br)cnc23)c1. The summed E-state index contributed by atoms with van der Waals surface area (Å²) in [6.45, 7) is 2.12. The summed E-state index contributed by atoms with van der Waals surface area (Å²) in [6.07, 6.45) is 2.72. The lowest BCUT2D eigenvalue weighted by Crippen LogP contribution is -1.93. The molecule has 0 saturated carbocycles. The number of anilines is 1. The molecule has 1 heterocycles. The van der Waals surface area contributed by atoms with Gasteiger partial charge in [0.05, 0.1) is 0 Å². The number of aryl methyl sites for hydroxylation is 1. The highest BCUT2D eigenvalue weighted by atomic mass is 79.9. The van der Waals surface area contributed by atoms with E-state index in [-0.39, 0.29) is 0 Å². The Morgan fingerprint density at radius 3 is 2.86 bits per heavy atom. The number of hydrogen-bond acceptors (Lipinski definition) is 3. The van der Waals surface area contributed by atoms with Crippen molar-refractivity contribution >= 4 is 32.5 Å². The van der Waals surface area contributed by atoms with Crippen molar-refractivity contribution < 1.29 is 4.74 Å². The molecule has 0 radical (unpaired) electrons. The van der Waals surface area contributed by atoms with E-state index < -0.39 is 0 Å². The molecule has 2 N–H and O–H groups in total. The Morgan fingerprint density at radius 2 is 2.05 bits per heavy atom. The van der Waals surface area contributed by atoms with E-state index >= 15 is 0 Å². The van der Waals surface area contributed by atoms with Crippen LogP contribution in [0.15, 0.2) is 53.1 Å². The van der Waals surface area contributed by atoms with Crippen LogP contribution in [0.25, 0.3) is 10.9 Å². The summed E-state index contributed by atoms with van der Waals surface area (Å²) in [4.78, 5) is 4.43. The monoisotopic (exact) mass is 342 g/mol. The summed E-state index contributed by atoms with van der Waals surface area (Å²) in [7, 11) is 0. The van der Waals surface area contributed by atoms with Crippen LogP contribution in [-0.2, 0) is 6.42 Å². The summed E-state index contributed by atoms with van der Waals surface area (Å²) in [6, 6.07) is 13.7. The van der Waals surface area contributed by atoms with Gasteiger partial charge >= 0.3 is 0 Å². The first-order valence-electron chi connectivity index (χ1n) is 6.78. The number of hydrogen-bond donors (Lipinski definition) is 1. The van der Waals surface area contributed by atoms with Gasteiger partial charge in [0, 0.05) is 21.7 Å². The number of nitrogens with zero attached hydrogens (tertiary/aromatic N) is 1. The number of benzene rings is 2. The first kappa shape index (κ1) is 13.9. The van der Waals surface area contributed by atoms with Crippen molar-refractivity contribution in [1.29, 1.82) is 0 Å². The maximum absolute atomic E-state index is 6.02. The second-order valence-electron chi connectivity index (χ2n) is 4.81. The number of rotatable bonds is 3. The highest BCUT2D eigenvalue weighted by Gasteiger charge is 2.08. The second-order valence-corrected chi connectivity index (χ2v) is 5.72. The summed E-state index contributed by atoms with van der Waals surface area (Å²) in [5.74, 6) is 1.52. The van der Waals surface area contributed by atoms with Crippen LogP contribution in [0.3, 0.4) is 0 Å². The molecule has 0 aliphatic heterocycles. The van der Waals surface area contributed by atoms with Crippen molar-refractivity contribution in [3.63, 3.8) is 0 Å². The summed E-state index contributed by atoms with van der Waals surface area (Å²) < 4.78 is 6.89. The average Bonchev–Trinajstić information content (AvgIpc) is 2.50. The van der Waals surface area contributed by atoms with Crippen LogP contribution in [-0.4, -0.2) is 4.98 Å². The summed E-state index contributed by atoms with van der Waals surface area (Å²) in [5.41, 5.74) is 8.71. The number of pyridine rings is 1. The fourth-order valence-corrected chi connectivity index (χ4v) is 2.56. The van der Waals surface area contributed by atoms with E-state index in [9.17, 15) is 0 Å². The zero-order valence-electron chi connectivity index (χ0n) is 11.6. The van der Waals surface area contributed by atoms with E-state index in [2.05, 4.69) is 33.9 Å². The standard InChI is InChI=1S/C17H15BrN2O/c1-2-11-4-3-5-13(8-11)21-16-7-6-15(19)14-9-12(18)10-20-17(14)16/h3-10H,2,19H2,1H3. The number of fused-ring (bicyclic) bond motifs is 1. The van der Waals surface area contributed by atoms with Gasteiger partial charge in [0.2, 0.25) is 0 Å². The Bertz CT molecular complexity index is 802. The van der Waals surface area contributed by atoms with Gasteiger partial charge in [-0.3, -0.25) is 4.98 Å². The first-order chi connectivity index (χ1) is 10.2. The van der Waals surface area contributed by atoms with Crippen LogP contribution in [0.2, 0.25) is 0 Å².